The Balaban J connectivity index is 2.26. The SMILES string of the molecule is CCn1c(C)cc(C(=O)Nc2ccc(OC)c(CO)c2)c1C. The van der Waals surface area contributed by atoms with Crippen LogP contribution in [0, 0.1) is 13.8 Å². The molecule has 0 radical (unpaired) electrons. The Hall–Kier alpha value is -2.27. The van der Waals surface area contributed by atoms with E-state index in [0.29, 0.717) is 22.6 Å². The maximum Gasteiger partial charge on any atom is 0.257 e. The molecule has 1 aromatic carbocycles. The van der Waals surface area contributed by atoms with Crippen molar-refractivity contribution in [2.24, 2.45) is 0 Å². The number of aliphatic hydroxyl groups excluding tert-OH is 1. The molecule has 118 valence electrons. The quantitative estimate of drug-likeness (QED) is 0.892. The van der Waals surface area contributed by atoms with Gasteiger partial charge in [0, 0.05) is 29.2 Å². The van der Waals surface area contributed by atoms with Crippen LogP contribution >= 0.6 is 0 Å². The van der Waals surface area contributed by atoms with Gasteiger partial charge in [-0.3, -0.25) is 4.79 Å². The fraction of sp³-hybridized carbons (Fsp3) is 0.353. The summed E-state index contributed by atoms with van der Waals surface area (Å²) < 4.78 is 7.26. The Bertz CT molecular complexity index is 689. The van der Waals surface area contributed by atoms with Crippen LogP contribution in [0.1, 0.15) is 34.2 Å². The second-order valence-corrected chi connectivity index (χ2v) is 5.17. The van der Waals surface area contributed by atoms with E-state index in [4.69, 9.17) is 4.74 Å². The van der Waals surface area contributed by atoms with Crippen molar-refractivity contribution in [2.45, 2.75) is 33.9 Å². The zero-order valence-electron chi connectivity index (χ0n) is 13.4. The van der Waals surface area contributed by atoms with Crippen molar-refractivity contribution in [2.75, 3.05) is 12.4 Å². The lowest BCUT2D eigenvalue weighted by atomic mass is 10.1. The molecule has 0 saturated carbocycles. The molecule has 5 nitrogen and oxygen atoms in total. The Morgan fingerprint density at radius 3 is 2.59 bits per heavy atom. The number of aliphatic hydroxyl groups is 1. The van der Waals surface area contributed by atoms with E-state index < -0.39 is 0 Å². The number of aromatic nitrogens is 1. The van der Waals surface area contributed by atoms with Crippen LogP contribution in [0.3, 0.4) is 0 Å². The molecule has 0 aliphatic heterocycles. The first-order valence-corrected chi connectivity index (χ1v) is 7.27. The summed E-state index contributed by atoms with van der Waals surface area (Å²) in [5.74, 6) is 0.450. The van der Waals surface area contributed by atoms with Gasteiger partial charge in [0.25, 0.3) is 5.91 Å². The van der Waals surface area contributed by atoms with E-state index in [2.05, 4.69) is 16.8 Å². The minimum Gasteiger partial charge on any atom is -0.496 e. The minimum atomic E-state index is -0.151. The van der Waals surface area contributed by atoms with Crippen molar-refractivity contribution in [1.82, 2.24) is 4.57 Å². The standard InChI is InChI=1S/C17H22N2O3/c1-5-19-11(2)8-15(12(19)3)17(21)18-14-6-7-16(22-4)13(9-14)10-20/h6-9,20H,5,10H2,1-4H3,(H,18,21). The van der Waals surface area contributed by atoms with Gasteiger partial charge in [-0.2, -0.15) is 0 Å². The molecule has 0 fully saturated rings. The zero-order chi connectivity index (χ0) is 16.3. The van der Waals surface area contributed by atoms with E-state index in [0.717, 1.165) is 17.9 Å². The Labute approximate surface area is 130 Å². The third kappa shape index (κ3) is 2.99. The number of nitrogens with one attached hydrogen (secondary N) is 1. The summed E-state index contributed by atoms with van der Waals surface area (Å²) in [7, 11) is 1.55. The minimum absolute atomic E-state index is 0.142. The van der Waals surface area contributed by atoms with Gasteiger partial charge in [0.15, 0.2) is 0 Å². The van der Waals surface area contributed by atoms with Crippen molar-refractivity contribution < 1.29 is 14.6 Å². The average Bonchev–Trinajstić information content (AvgIpc) is 2.81. The van der Waals surface area contributed by atoms with Gasteiger partial charge in [0.05, 0.1) is 19.3 Å². The number of rotatable bonds is 5. The molecule has 22 heavy (non-hydrogen) atoms. The lowest BCUT2D eigenvalue weighted by molar-refractivity contribution is 0.102. The predicted molar refractivity (Wildman–Crippen MR) is 86.5 cm³/mol. The highest BCUT2D eigenvalue weighted by atomic mass is 16.5. The zero-order valence-corrected chi connectivity index (χ0v) is 13.4. The second kappa shape index (κ2) is 6.66. The Morgan fingerprint density at radius 1 is 1.32 bits per heavy atom. The molecule has 1 heterocycles. The highest BCUT2D eigenvalue weighted by Gasteiger charge is 2.15. The Morgan fingerprint density at radius 2 is 2.05 bits per heavy atom. The van der Waals surface area contributed by atoms with Crippen LogP contribution < -0.4 is 10.1 Å². The van der Waals surface area contributed by atoms with E-state index in [1.165, 1.54) is 0 Å². The molecular weight excluding hydrogens is 280 g/mol. The number of methoxy groups -OCH3 is 1. The smallest absolute Gasteiger partial charge is 0.257 e. The van der Waals surface area contributed by atoms with Crippen LogP contribution in [0.25, 0.3) is 0 Å². The number of benzene rings is 1. The number of hydrogen-bond donors (Lipinski definition) is 2. The van der Waals surface area contributed by atoms with Gasteiger partial charge in [0.2, 0.25) is 0 Å². The summed E-state index contributed by atoms with van der Waals surface area (Å²) in [5.41, 5.74) is 3.96. The molecule has 0 aliphatic rings. The molecule has 0 unspecified atom stereocenters. The molecule has 0 saturated heterocycles. The molecule has 2 aromatic rings. The maximum absolute atomic E-state index is 12.5. The lowest BCUT2D eigenvalue weighted by Crippen LogP contribution is -2.13. The third-order valence-corrected chi connectivity index (χ3v) is 3.84. The van der Waals surface area contributed by atoms with Crippen molar-refractivity contribution in [3.05, 3.63) is 46.8 Å². The van der Waals surface area contributed by atoms with E-state index >= 15 is 0 Å². The summed E-state index contributed by atoms with van der Waals surface area (Å²) >= 11 is 0. The summed E-state index contributed by atoms with van der Waals surface area (Å²) in [6, 6.07) is 7.10. The van der Waals surface area contributed by atoms with Crippen LogP contribution in [-0.4, -0.2) is 22.7 Å². The molecule has 5 heteroatoms. The van der Waals surface area contributed by atoms with Crippen molar-refractivity contribution >= 4 is 11.6 Å². The van der Waals surface area contributed by atoms with E-state index in [9.17, 15) is 9.90 Å². The molecule has 0 atom stereocenters. The molecule has 0 spiro atoms. The van der Waals surface area contributed by atoms with Crippen LogP contribution in [0.4, 0.5) is 5.69 Å². The highest BCUT2D eigenvalue weighted by molar-refractivity contribution is 6.05. The van der Waals surface area contributed by atoms with Gasteiger partial charge in [-0.05, 0) is 45.0 Å². The molecular formula is C17H22N2O3. The van der Waals surface area contributed by atoms with Crippen LogP contribution in [0.2, 0.25) is 0 Å². The molecule has 2 rings (SSSR count). The molecule has 0 aliphatic carbocycles. The summed E-state index contributed by atoms with van der Waals surface area (Å²) in [4.78, 5) is 12.5. The summed E-state index contributed by atoms with van der Waals surface area (Å²) in [6.45, 7) is 6.68. The molecule has 1 amide bonds. The number of aryl methyl sites for hydroxylation is 1. The van der Waals surface area contributed by atoms with Crippen LogP contribution in [-0.2, 0) is 13.2 Å². The monoisotopic (exact) mass is 302 g/mol. The molecule has 2 N–H and O–H groups in total. The fourth-order valence-electron chi connectivity index (χ4n) is 2.70. The lowest BCUT2D eigenvalue weighted by Gasteiger charge is -2.10. The van der Waals surface area contributed by atoms with Crippen molar-refractivity contribution in [3.8, 4) is 5.75 Å². The molecule has 0 bridgehead atoms. The second-order valence-electron chi connectivity index (χ2n) is 5.17. The first-order chi connectivity index (χ1) is 10.5. The van der Waals surface area contributed by atoms with Gasteiger partial charge in [0.1, 0.15) is 5.75 Å². The number of nitrogens with zero attached hydrogens (tertiary/aromatic N) is 1. The predicted octanol–water partition coefficient (Wildman–Crippen LogP) is 2.88. The maximum atomic E-state index is 12.5. The number of hydrogen-bond acceptors (Lipinski definition) is 3. The van der Waals surface area contributed by atoms with Crippen molar-refractivity contribution in [3.63, 3.8) is 0 Å². The summed E-state index contributed by atoms with van der Waals surface area (Å²) in [6.07, 6.45) is 0. The fourth-order valence-corrected chi connectivity index (χ4v) is 2.70. The number of carbonyl (C=O) groups excluding carboxylic acids is 1. The number of amides is 1. The van der Waals surface area contributed by atoms with E-state index in [-0.39, 0.29) is 12.5 Å². The van der Waals surface area contributed by atoms with Gasteiger partial charge < -0.3 is 19.7 Å². The highest BCUT2D eigenvalue weighted by Crippen LogP contribution is 2.23. The van der Waals surface area contributed by atoms with Gasteiger partial charge in [-0.15, -0.1) is 0 Å². The van der Waals surface area contributed by atoms with E-state index in [1.54, 1.807) is 25.3 Å². The summed E-state index contributed by atoms with van der Waals surface area (Å²) in [5, 5.41) is 12.2. The first-order valence-electron chi connectivity index (χ1n) is 7.27. The topological polar surface area (TPSA) is 63.5 Å². The normalized spacial score (nSPS) is 10.6. The van der Waals surface area contributed by atoms with Crippen molar-refractivity contribution in [1.29, 1.82) is 0 Å². The number of ether oxygens (including phenoxy) is 1. The largest absolute Gasteiger partial charge is 0.496 e. The van der Waals surface area contributed by atoms with E-state index in [1.807, 2.05) is 19.9 Å². The third-order valence-electron chi connectivity index (χ3n) is 3.84. The van der Waals surface area contributed by atoms with Crippen LogP contribution in [0.15, 0.2) is 24.3 Å². The molecule has 1 aromatic heterocycles. The number of carbonyl (C=O) groups is 1. The number of anilines is 1. The van der Waals surface area contributed by atoms with Crippen LogP contribution in [0.5, 0.6) is 5.75 Å². The first kappa shape index (κ1) is 16.1. The average molecular weight is 302 g/mol. The van der Waals surface area contributed by atoms with Gasteiger partial charge >= 0.3 is 0 Å². The van der Waals surface area contributed by atoms with Gasteiger partial charge in [-0.1, -0.05) is 0 Å². The Kier molecular flexibility index (Phi) is 4.88. The van der Waals surface area contributed by atoms with Gasteiger partial charge in [-0.25, -0.2) is 0 Å².